The molecule has 3 aliphatic rings. The molecule has 2 unspecified atom stereocenters. The quantitative estimate of drug-likeness (QED) is 0.306. The van der Waals surface area contributed by atoms with Crippen LogP contribution in [0.1, 0.15) is 25.5 Å². The Morgan fingerprint density at radius 3 is 2.41 bits per heavy atom. The van der Waals surface area contributed by atoms with Gasteiger partial charge in [-0.05, 0) is 31.5 Å². The highest BCUT2D eigenvalue weighted by molar-refractivity contribution is 7.54. The number of nitro groups is 1. The molecule has 3 aliphatic heterocycles. The van der Waals surface area contributed by atoms with Crippen LogP contribution in [0.2, 0.25) is 0 Å². The fraction of sp³-hybridized carbons (Fsp3) is 0.625. The van der Waals surface area contributed by atoms with Crippen LogP contribution in [0.25, 0.3) is 0 Å². The Labute approximate surface area is 157 Å². The van der Waals surface area contributed by atoms with E-state index in [1.165, 1.54) is 6.07 Å². The van der Waals surface area contributed by atoms with Crippen LogP contribution >= 0.6 is 7.67 Å². The van der Waals surface area contributed by atoms with E-state index in [9.17, 15) is 19.8 Å². The van der Waals surface area contributed by atoms with Gasteiger partial charge in [0.05, 0.1) is 11.0 Å². The average molecular weight is 397 g/mol. The van der Waals surface area contributed by atoms with Gasteiger partial charge >= 0.3 is 7.67 Å². The predicted molar refractivity (Wildman–Crippen MR) is 99.3 cm³/mol. The molecule has 2 atom stereocenters. The fourth-order valence-electron chi connectivity index (χ4n) is 3.41. The van der Waals surface area contributed by atoms with Crippen molar-refractivity contribution in [3.8, 4) is 0 Å². The van der Waals surface area contributed by atoms with Gasteiger partial charge in [-0.1, -0.05) is 0 Å². The van der Waals surface area contributed by atoms with Crippen LogP contribution in [0.4, 0.5) is 11.4 Å². The molecule has 0 spiro atoms. The van der Waals surface area contributed by atoms with Gasteiger partial charge < -0.3 is 10.0 Å². The molecule has 0 bridgehead atoms. The van der Waals surface area contributed by atoms with Crippen molar-refractivity contribution in [3.05, 3.63) is 33.9 Å². The van der Waals surface area contributed by atoms with Crippen molar-refractivity contribution >= 4 is 19.0 Å². The first kappa shape index (κ1) is 18.8. The lowest BCUT2D eigenvalue weighted by molar-refractivity contribution is -0.384. The van der Waals surface area contributed by atoms with E-state index in [2.05, 4.69) is 5.32 Å². The smallest absolute Gasteiger partial charge is 0.346 e. The summed E-state index contributed by atoms with van der Waals surface area (Å²) in [5.74, 6) is -1.37. The zero-order valence-corrected chi connectivity index (χ0v) is 16.3. The van der Waals surface area contributed by atoms with Crippen molar-refractivity contribution in [1.82, 2.24) is 14.7 Å². The molecule has 0 amide bonds. The number of nitrogens with zero attached hydrogens (tertiary/aromatic N) is 4. The maximum Gasteiger partial charge on any atom is 0.346 e. The van der Waals surface area contributed by atoms with E-state index in [4.69, 9.17) is 4.52 Å². The summed E-state index contributed by atoms with van der Waals surface area (Å²) in [7, 11) is -3.00. The van der Waals surface area contributed by atoms with Crippen molar-refractivity contribution in [2.75, 3.05) is 44.2 Å². The molecule has 3 saturated heterocycles. The van der Waals surface area contributed by atoms with Gasteiger partial charge in [0.1, 0.15) is 5.69 Å². The molecule has 2 N–H and O–H groups in total. The van der Waals surface area contributed by atoms with Gasteiger partial charge in [0.15, 0.2) is 5.85 Å². The minimum atomic E-state index is -3.00. The van der Waals surface area contributed by atoms with Gasteiger partial charge in [0.25, 0.3) is 5.69 Å². The zero-order chi connectivity index (χ0) is 19.4. The predicted octanol–water partition coefficient (Wildman–Crippen LogP) is 1.49. The first-order valence-corrected chi connectivity index (χ1v) is 10.6. The molecule has 0 aromatic heterocycles. The summed E-state index contributed by atoms with van der Waals surface area (Å²) in [5.41, 5.74) is 0.911. The van der Waals surface area contributed by atoms with E-state index in [1.54, 1.807) is 30.9 Å². The standard InChI is InChI=1S/C16H24N5O5P/c1-12(26-27(25,18-7-8-18)19-9-10-19)13-3-4-14(21(23)24)15(11-13)20-6-5-17-16(20,2)22/h3-4,11-12,17,22H,5-10H2,1-2H3. The molecule has 1 aromatic rings. The first-order chi connectivity index (χ1) is 12.7. The Morgan fingerprint density at radius 1 is 1.30 bits per heavy atom. The molecular weight excluding hydrogens is 373 g/mol. The molecule has 10 nitrogen and oxygen atoms in total. The van der Waals surface area contributed by atoms with E-state index >= 15 is 0 Å². The average Bonchev–Trinajstić information content (AvgIpc) is 3.50. The van der Waals surface area contributed by atoms with Gasteiger partial charge in [-0.15, -0.1) is 0 Å². The monoisotopic (exact) mass is 397 g/mol. The third-order valence-corrected chi connectivity index (χ3v) is 7.96. The number of nitrogens with one attached hydrogen (secondary N) is 1. The van der Waals surface area contributed by atoms with Gasteiger partial charge in [-0.25, -0.2) is 9.34 Å². The second-order valence-corrected chi connectivity index (χ2v) is 9.57. The number of rotatable bonds is 7. The largest absolute Gasteiger partial charge is 0.359 e. The van der Waals surface area contributed by atoms with Crippen molar-refractivity contribution in [3.63, 3.8) is 0 Å². The summed E-state index contributed by atoms with van der Waals surface area (Å²) >= 11 is 0. The van der Waals surface area contributed by atoms with E-state index in [-0.39, 0.29) is 5.69 Å². The molecular formula is C16H24N5O5P. The van der Waals surface area contributed by atoms with E-state index in [0.717, 1.165) is 26.2 Å². The minimum Gasteiger partial charge on any atom is -0.359 e. The van der Waals surface area contributed by atoms with Crippen molar-refractivity contribution in [1.29, 1.82) is 0 Å². The van der Waals surface area contributed by atoms with Crippen LogP contribution < -0.4 is 10.2 Å². The minimum absolute atomic E-state index is 0.0880. The summed E-state index contributed by atoms with van der Waals surface area (Å²) < 4.78 is 22.8. The van der Waals surface area contributed by atoms with Crippen LogP contribution in [-0.2, 0) is 9.09 Å². The molecule has 0 aliphatic carbocycles. The topological polar surface area (TPSA) is 111 Å². The van der Waals surface area contributed by atoms with Crippen molar-refractivity contribution in [2.45, 2.75) is 25.8 Å². The van der Waals surface area contributed by atoms with Gasteiger partial charge in [-0.3, -0.25) is 24.5 Å². The third-order valence-electron chi connectivity index (χ3n) is 5.13. The van der Waals surface area contributed by atoms with Crippen LogP contribution in [0, 0.1) is 10.1 Å². The van der Waals surface area contributed by atoms with Crippen molar-refractivity contribution < 1.29 is 19.1 Å². The van der Waals surface area contributed by atoms with Gasteiger partial charge in [0.2, 0.25) is 0 Å². The molecule has 4 rings (SSSR count). The lowest BCUT2D eigenvalue weighted by atomic mass is 10.1. The van der Waals surface area contributed by atoms with Gasteiger partial charge in [0, 0.05) is 45.3 Å². The SMILES string of the molecule is CC(OP(=O)(N1CC1)N1CC1)c1ccc([N+](=O)[O-])c(N2CCNC2(C)O)c1. The van der Waals surface area contributed by atoms with Crippen LogP contribution in [0.15, 0.2) is 18.2 Å². The Balaban J connectivity index is 1.64. The summed E-state index contributed by atoms with van der Waals surface area (Å²) in [6.07, 6.45) is -0.503. The Bertz CT molecular complexity index is 794. The van der Waals surface area contributed by atoms with Crippen molar-refractivity contribution in [2.24, 2.45) is 0 Å². The third kappa shape index (κ3) is 3.49. The number of hydrogen-bond acceptors (Lipinski definition) is 7. The summed E-state index contributed by atoms with van der Waals surface area (Å²) in [5, 5.41) is 24.9. The normalized spacial score (nSPS) is 27.0. The molecule has 3 fully saturated rings. The molecule has 1 aromatic carbocycles. The lowest BCUT2D eigenvalue weighted by Gasteiger charge is -2.31. The highest BCUT2D eigenvalue weighted by atomic mass is 31.2. The maximum absolute atomic E-state index is 13.2. The highest BCUT2D eigenvalue weighted by Crippen LogP contribution is 2.63. The number of hydrogen-bond donors (Lipinski definition) is 2. The van der Waals surface area contributed by atoms with Crippen LogP contribution in [0.3, 0.4) is 0 Å². The summed E-state index contributed by atoms with van der Waals surface area (Å²) in [6.45, 7) is 7.34. The number of anilines is 1. The molecule has 27 heavy (non-hydrogen) atoms. The van der Waals surface area contributed by atoms with E-state index in [1.807, 2.05) is 9.34 Å². The second-order valence-electron chi connectivity index (χ2n) is 7.25. The molecule has 0 radical (unpaired) electrons. The molecule has 148 valence electrons. The van der Waals surface area contributed by atoms with E-state index in [0.29, 0.717) is 24.3 Å². The molecule has 11 heteroatoms. The van der Waals surface area contributed by atoms with E-state index < -0.39 is 24.5 Å². The van der Waals surface area contributed by atoms with Crippen LogP contribution in [-0.4, -0.2) is 64.5 Å². The van der Waals surface area contributed by atoms with Gasteiger partial charge in [-0.2, -0.15) is 0 Å². The Morgan fingerprint density at radius 2 is 1.93 bits per heavy atom. The summed E-state index contributed by atoms with van der Waals surface area (Å²) in [4.78, 5) is 12.6. The maximum atomic E-state index is 13.2. The zero-order valence-electron chi connectivity index (χ0n) is 15.4. The fourth-order valence-corrected chi connectivity index (χ4v) is 5.76. The lowest BCUT2D eigenvalue weighted by Crippen LogP contribution is -2.49. The summed E-state index contributed by atoms with van der Waals surface area (Å²) in [6, 6.07) is 4.69. The Hall–Kier alpha value is -1.55. The first-order valence-electron chi connectivity index (χ1n) is 9.05. The number of benzene rings is 1. The molecule has 0 saturated carbocycles. The Kier molecular flexibility index (Phi) is 4.53. The molecule has 3 heterocycles. The number of nitro benzene ring substituents is 1. The van der Waals surface area contributed by atoms with Crippen LogP contribution in [0.5, 0.6) is 0 Å². The highest BCUT2D eigenvalue weighted by Gasteiger charge is 2.50. The number of aliphatic hydroxyl groups is 1. The second kappa shape index (κ2) is 6.51.